The molecule has 3 heteroatoms. The van der Waals surface area contributed by atoms with Gasteiger partial charge in [0, 0.05) is 16.2 Å². The molecule has 0 spiro atoms. The number of rotatable bonds is 5. The van der Waals surface area contributed by atoms with Crippen LogP contribution in [0.2, 0.25) is 0 Å². The number of thioether (sulfide) groups is 1. The first-order valence-electron chi connectivity index (χ1n) is 6.42. The number of aryl methyl sites for hydroxylation is 1. The van der Waals surface area contributed by atoms with E-state index in [1.54, 1.807) is 11.8 Å². The Labute approximate surface area is 123 Å². The number of anilines is 1. The summed E-state index contributed by atoms with van der Waals surface area (Å²) in [5.41, 5.74) is 2.52. The van der Waals surface area contributed by atoms with Gasteiger partial charge in [-0.3, -0.25) is 4.79 Å². The zero-order valence-corrected chi connectivity index (χ0v) is 12.2. The van der Waals surface area contributed by atoms with E-state index in [9.17, 15) is 4.79 Å². The second-order valence-corrected chi connectivity index (χ2v) is 5.43. The molecule has 0 saturated heterocycles. The molecular weight excluding hydrogens is 266 g/mol. The molecule has 1 amide bonds. The average molecular weight is 283 g/mol. The van der Waals surface area contributed by atoms with Gasteiger partial charge in [0.1, 0.15) is 0 Å². The highest BCUT2D eigenvalue weighted by molar-refractivity contribution is 7.99. The van der Waals surface area contributed by atoms with E-state index in [0.717, 1.165) is 21.9 Å². The van der Waals surface area contributed by atoms with Gasteiger partial charge in [0.25, 0.3) is 5.91 Å². The van der Waals surface area contributed by atoms with Gasteiger partial charge in [0.15, 0.2) is 0 Å². The van der Waals surface area contributed by atoms with E-state index < -0.39 is 0 Å². The summed E-state index contributed by atoms with van der Waals surface area (Å²) in [6.07, 6.45) is 1.85. The maximum absolute atomic E-state index is 12.3. The normalized spacial score (nSPS) is 10.1. The highest BCUT2D eigenvalue weighted by Gasteiger charge is 2.10. The van der Waals surface area contributed by atoms with E-state index in [4.69, 9.17) is 0 Å². The minimum absolute atomic E-state index is 0.0743. The van der Waals surface area contributed by atoms with Crippen LogP contribution >= 0.6 is 11.8 Å². The summed E-state index contributed by atoms with van der Waals surface area (Å²) in [7, 11) is 0. The van der Waals surface area contributed by atoms with Crippen LogP contribution in [0.15, 0.2) is 66.1 Å². The summed E-state index contributed by atoms with van der Waals surface area (Å²) in [4.78, 5) is 13.4. The van der Waals surface area contributed by atoms with E-state index >= 15 is 0 Å². The van der Waals surface area contributed by atoms with E-state index in [0.29, 0.717) is 5.56 Å². The van der Waals surface area contributed by atoms with E-state index in [1.165, 1.54) is 0 Å². The molecule has 0 aliphatic carbocycles. The molecule has 0 saturated carbocycles. The van der Waals surface area contributed by atoms with Crippen LogP contribution in [0.25, 0.3) is 0 Å². The van der Waals surface area contributed by atoms with Gasteiger partial charge in [-0.25, -0.2) is 0 Å². The number of nitrogens with one attached hydrogen (secondary N) is 1. The molecule has 1 N–H and O–H groups in total. The Kier molecular flexibility index (Phi) is 5.02. The first-order valence-corrected chi connectivity index (χ1v) is 7.40. The van der Waals surface area contributed by atoms with Crippen molar-refractivity contribution in [3.8, 4) is 0 Å². The number of carbonyl (C=O) groups excluding carboxylic acids is 1. The van der Waals surface area contributed by atoms with E-state index in [1.807, 2.05) is 61.5 Å². The number of benzene rings is 2. The number of hydrogen-bond donors (Lipinski definition) is 1. The minimum atomic E-state index is -0.0743. The Bertz CT molecular complexity index is 622. The molecule has 0 fully saturated rings. The molecule has 0 heterocycles. The minimum Gasteiger partial charge on any atom is -0.321 e. The van der Waals surface area contributed by atoms with Gasteiger partial charge < -0.3 is 5.32 Å². The van der Waals surface area contributed by atoms with Crippen molar-refractivity contribution in [2.24, 2.45) is 0 Å². The molecule has 0 aliphatic heterocycles. The van der Waals surface area contributed by atoms with Crippen molar-refractivity contribution in [2.45, 2.75) is 11.8 Å². The molecule has 0 radical (unpaired) electrons. The van der Waals surface area contributed by atoms with Gasteiger partial charge in [-0.05, 0) is 30.7 Å². The lowest BCUT2D eigenvalue weighted by Crippen LogP contribution is -2.13. The molecule has 0 aliphatic rings. The first-order chi connectivity index (χ1) is 9.72. The van der Waals surface area contributed by atoms with Crippen LogP contribution in [0, 0.1) is 6.92 Å². The largest absolute Gasteiger partial charge is 0.321 e. The van der Waals surface area contributed by atoms with Crippen LogP contribution in [0.4, 0.5) is 5.69 Å². The standard InChI is InChI=1S/C17H17NOS/c1-3-12-20-16-11-7-6-10-15(16)18-17(19)14-9-5-4-8-13(14)2/h3-11H,1,12H2,2H3,(H,18,19). The third-order valence-electron chi connectivity index (χ3n) is 2.88. The molecule has 0 unspecified atom stereocenters. The van der Waals surface area contributed by atoms with Crippen molar-refractivity contribution in [3.63, 3.8) is 0 Å². The lowest BCUT2D eigenvalue weighted by molar-refractivity contribution is 0.102. The summed E-state index contributed by atoms with van der Waals surface area (Å²) in [5, 5.41) is 2.98. The molecule has 0 bridgehead atoms. The van der Waals surface area contributed by atoms with Crippen molar-refractivity contribution in [1.82, 2.24) is 0 Å². The number of carbonyl (C=O) groups is 1. The molecule has 2 aromatic carbocycles. The van der Waals surface area contributed by atoms with E-state index in [2.05, 4.69) is 11.9 Å². The fraction of sp³-hybridized carbons (Fsp3) is 0.118. The molecule has 2 nitrogen and oxygen atoms in total. The van der Waals surface area contributed by atoms with Gasteiger partial charge >= 0.3 is 0 Å². The molecule has 20 heavy (non-hydrogen) atoms. The zero-order chi connectivity index (χ0) is 14.4. The Hall–Kier alpha value is -2.00. The Morgan fingerprint density at radius 2 is 1.90 bits per heavy atom. The number of para-hydroxylation sites is 1. The molecular formula is C17H17NOS. The van der Waals surface area contributed by atoms with E-state index in [-0.39, 0.29) is 5.91 Å². The average Bonchev–Trinajstić information content (AvgIpc) is 2.46. The van der Waals surface area contributed by atoms with Crippen LogP contribution in [0.1, 0.15) is 15.9 Å². The van der Waals surface area contributed by atoms with Crippen molar-refractivity contribution < 1.29 is 4.79 Å². The van der Waals surface area contributed by atoms with Crippen molar-refractivity contribution in [3.05, 3.63) is 72.3 Å². The Morgan fingerprint density at radius 1 is 1.20 bits per heavy atom. The molecule has 2 rings (SSSR count). The van der Waals surface area contributed by atoms with Gasteiger partial charge in [0.2, 0.25) is 0 Å². The fourth-order valence-electron chi connectivity index (χ4n) is 1.86. The van der Waals surface area contributed by atoms with Gasteiger partial charge in [-0.1, -0.05) is 36.4 Å². The predicted molar refractivity (Wildman–Crippen MR) is 86.5 cm³/mol. The third-order valence-corrected chi connectivity index (χ3v) is 3.95. The molecule has 0 aromatic heterocycles. The second-order valence-electron chi connectivity index (χ2n) is 4.36. The van der Waals surface area contributed by atoms with Crippen molar-refractivity contribution in [1.29, 1.82) is 0 Å². The maximum Gasteiger partial charge on any atom is 0.255 e. The van der Waals surface area contributed by atoms with Crippen LogP contribution in [-0.2, 0) is 0 Å². The first kappa shape index (κ1) is 14.4. The second kappa shape index (κ2) is 6.96. The molecule has 0 atom stereocenters. The SMILES string of the molecule is C=CCSc1ccccc1NC(=O)c1ccccc1C. The van der Waals surface area contributed by atoms with Gasteiger partial charge in [-0.15, -0.1) is 18.3 Å². The summed E-state index contributed by atoms with van der Waals surface area (Å²) >= 11 is 1.66. The summed E-state index contributed by atoms with van der Waals surface area (Å²) < 4.78 is 0. The monoisotopic (exact) mass is 283 g/mol. The molecule has 102 valence electrons. The zero-order valence-electron chi connectivity index (χ0n) is 11.4. The lowest BCUT2D eigenvalue weighted by atomic mass is 10.1. The fourth-order valence-corrected chi connectivity index (χ4v) is 2.61. The summed E-state index contributed by atoms with van der Waals surface area (Å²) in [6.45, 7) is 5.66. The Balaban J connectivity index is 2.20. The van der Waals surface area contributed by atoms with Crippen LogP contribution in [0.3, 0.4) is 0 Å². The highest BCUT2D eigenvalue weighted by atomic mass is 32.2. The topological polar surface area (TPSA) is 29.1 Å². The maximum atomic E-state index is 12.3. The quantitative estimate of drug-likeness (QED) is 0.645. The number of hydrogen-bond acceptors (Lipinski definition) is 2. The predicted octanol–water partition coefficient (Wildman–Crippen LogP) is 4.53. The van der Waals surface area contributed by atoms with Gasteiger partial charge in [0.05, 0.1) is 5.69 Å². The smallest absolute Gasteiger partial charge is 0.255 e. The van der Waals surface area contributed by atoms with Crippen molar-refractivity contribution in [2.75, 3.05) is 11.1 Å². The lowest BCUT2D eigenvalue weighted by Gasteiger charge is -2.11. The van der Waals surface area contributed by atoms with Crippen LogP contribution < -0.4 is 5.32 Å². The third kappa shape index (κ3) is 3.52. The van der Waals surface area contributed by atoms with Gasteiger partial charge in [-0.2, -0.15) is 0 Å². The number of amides is 1. The highest BCUT2D eigenvalue weighted by Crippen LogP contribution is 2.27. The van der Waals surface area contributed by atoms with Crippen LogP contribution in [-0.4, -0.2) is 11.7 Å². The Morgan fingerprint density at radius 3 is 2.65 bits per heavy atom. The van der Waals surface area contributed by atoms with Crippen molar-refractivity contribution >= 4 is 23.4 Å². The summed E-state index contributed by atoms with van der Waals surface area (Å²) in [6, 6.07) is 15.4. The molecule has 2 aromatic rings. The van der Waals surface area contributed by atoms with Crippen LogP contribution in [0.5, 0.6) is 0 Å². The summed E-state index contributed by atoms with van der Waals surface area (Å²) in [5.74, 6) is 0.742.